The van der Waals surface area contributed by atoms with Crippen molar-refractivity contribution in [2.24, 2.45) is 7.05 Å². The molecule has 6 aromatic rings. The number of pyridine rings is 1. The molecule has 1 aliphatic heterocycles. The second kappa shape index (κ2) is 10.2. The van der Waals surface area contributed by atoms with Crippen LogP contribution in [0.15, 0.2) is 79.1 Å². The number of hydrogen-bond acceptors (Lipinski definition) is 4. The Hall–Kier alpha value is -4.16. The molecule has 0 saturated heterocycles. The molecule has 7 nitrogen and oxygen atoms in total. The molecule has 0 amide bonds. The predicted molar refractivity (Wildman–Crippen MR) is 168 cm³/mol. The number of aromatic nitrogens is 5. The molecule has 0 radical (unpaired) electrons. The van der Waals surface area contributed by atoms with Crippen LogP contribution in [0.3, 0.4) is 0 Å². The first-order valence-corrected chi connectivity index (χ1v) is 15.4. The van der Waals surface area contributed by atoms with E-state index in [1.54, 1.807) is 0 Å². The Labute approximate surface area is 262 Å². The van der Waals surface area contributed by atoms with E-state index >= 15 is 0 Å². The van der Waals surface area contributed by atoms with Crippen molar-refractivity contribution in [1.29, 1.82) is 0 Å². The number of hydrogen-bond donors (Lipinski definition) is 0. The third kappa shape index (κ3) is 4.69. The zero-order valence-corrected chi connectivity index (χ0v) is 27.3. The van der Waals surface area contributed by atoms with Gasteiger partial charge in [-0.05, 0) is 18.6 Å². The number of fused-ring (bicyclic) bond motifs is 4. The van der Waals surface area contributed by atoms with Gasteiger partial charge in [-0.1, -0.05) is 0 Å². The van der Waals surface area contributed by atoms with Gasteiger partial charge < -0.3 is 0 Å². The average Bonchev–Trinajstić information content (AvgIpc) is 3.56. The van der Waals surface area contributed by atoms with Crippen LogP contribution in [0, 0.1) is 22.9 Å². The van der Waals surface area contributed by atoms with Gasteiger partial charge in [-0.25, -0.2) is 0 Å². The van der Waals surface area contributed by atoms with Gasteiger partial charge in [0, 0.05) is 12.4 Å². The summed E-state index contributed by atoms with van der Waals surface area (Å²) in [5.41, 5.74) is 8.39. The van der Waals surface area contributed by atoms with E-state index in [0.29, 0.717) is 11.5 Å². The molecule has 7 rings (SSSR count). The average molecular weight is 746 g/mol. The molecule has 3 aromatic carbocycles. The summed E-state index contributed by atoms with van der Waals surface area (Å²) in [7, 11) is 2.09. The number of rotatable bonds is 4. The predicted octanol–water partition coefficient (Wildman–Crippen LogP) is 7.42. The molecule has 3 aromatic heterocycles. The van der Waals surface area contributed by atoms with Gasteiger partial charge >= 0.3 is 228 Å². The summed E-state index contributed by atoms with van der Waals surface area (Å²) in [5, 5.41) is 4.62. The van der Waals surface area contributed by atoms with Crippen molar-refractivity contribution in [2.45, 2.75) is 39.9 Å². The van der Waals surface area contributed by atoms with Crippen molar-refractivity contribution in [2.75, 3.05) is 4.81 Å². The van der Waals surface area contributed by atoms with Crippen molar-refractivity contribution in [3.63, 3.8) is 0 Å². The number of ether oxygens (including phenoxy) is 1. The van der Waals surface area contributed by atoms with Gasteiger partial charge in [-0.2, -0.15) is 5.10 Å². The second-order valence-electron chi connectivity index (χ2n) is 12.0. The Morgan fingerprint density at radius 1 is 0.907 bits per heavy atom. The van der Waals surface area contributed by atoms with Gasteiger partial charge in [-0.15, -0.1) is 0 Å². The molecule has 0 spiro atoms. The van der Waals surface area contributed by atoms with Gasteiger partial charge in [0.25, 0.3) is 0 Å². The zero-order chi connectivity index (χ0) is 30.0. The fourth-order valence-electron chi connectivity index (χ4n) is 5.75. The van der Waals surface area contributed by atoms with Crippen LogP contribution in [-0.4, -0.2) is 30.8 Å². The van der Waals surface area contributed by atoms with Crippen molar-refractivity contribution in [3.05, 3.63) is 106 Å². The summed E-state index contributed by atoms with van der Waals surface area (Å²) in [6, 6.07) is 30.1. The Balaban J connectivity index is 1.36. The summed E-state index contributed by atoms with van der Waals surface area (Å²) in [6.45, 7) is 10.8. The smallest absolute Gasteiger partial charge is 0.193 e. The van der Waals surface area contributed by atoms with E-state index < -0.39 is 0 Å². The first-order valence-electron chi connectivity index (χ1n) is 14.3. The van der Waals surface area contributed by atoms with Crippen LogP contribution in [0.1, 0.15) is 31.9 Å². The fraction of sp³-hybridized carbons (Fsp3) is 0.206. The van der Waals surface area contributed by atoms with Crippen molar-refractivity contribution in [1.82, 2.24) is 23.8 Å². The SMILES string of the molecule is CB1N(c2cc(C)ccn2)c2[c-]c(Oc3[c-]c(-n4[c](=[Pt])n(C)c5ccccc54)cc(C(C)(C)C)c3)ccc2-c2ccnn21. The summed E-state index contributed by atoms with van der Waals surface area (Å²) in [6.07, 6.45) is 3.69. The molecular weight excluding hydrogens is 714 g/mol. The van der Waals surface area contributed by atoms with Gasteiger partial charge in [0.05, 0.1) is 0 Å². The zero-order valence-electron chi connectivity index (χ0n) is 25.0. The minimum atomic E-state index is -0.0975. The van der Waals surface area contributed by atoms with Gasteiger partial charge in [0.2, 0.25) is 0 Å². The van der Waals surface area contributed by atoms with Crippen LogP contribution in [0.2, 0.25) is 6.82 Å². The van der Waals surface area contributed by atoms with E-state index in [1.165, 1.54) is 0 Å². The molecule has 0 aliphatic carbocycles. The molecular formula is C34H31BN6OPt-2. The molecule has 9 heteroatoms. The Morgan fingerprint density at radius 2 is 1.70 bits per heavy atom. The third-order valence-corrected chi connectivity index (χ3v) is 9.30. The minimum absolute atomic E-state index is 0.0920. The van der Waals surface area contributed by atoms with Crippen LogP contribution in [0.5, 0.6) is 11.5 Å². The topological polar surface area (TPSA) is 53.0 Å². The molecule has 43 heavy (non-hydrogen) atoms. The number of aryl methyl sites for hydroxylation is 2. The van der Waals surface area contributed by atoms with Crippen molar-refractivity contribution >= 4 is 29.5 Å². The van der Waals surface area contributed by atoms with Gasteiger partial charge in [-0.3, -0.25) is 0 Å². The van der Waals surface area contributed by atoms with Crippen LogP contribution in [0.4, 0.5) is 11.5 Å². The number of benzene rings is 3. The summed E-state index contributed by atoms with van der Waals surface area (Å²) in [5.74, 6) is 2.10. The quantitative estimate of drug-likeness (QED) is 0.139. The number of para-hydroxylation sites is 2. The Kier molecular flexibility index (Phi) is 6.58. The monoisotopic (exact) mass is 745 g/mol. The van der Waals surface area contributed by atoms with Crippen molar-refractivity contribution < 1.29 is 24.1 Å². The molecule has 4 heterocycles. The normalized spacial score (nSPS) is 12.9. The molecule has 0 saturated carbocycles. The maximum absolute atomic E-state index is 6.61. The van der Waals surface area contributed by atoms with Crippen LogP contribution in [0.25, 0.3) is 28.0 Å². The summed E-state index contributed by atoms with van der Waals surface area (Å²) >= 11 is 2.38. The molecule has 0 atom stereocenters. The van der Waals surface area contributed by atoms with E-state index in [-0.39, 0.29) is 12.4 Å². The second-order valence-corrected chi connectivity index (χ2v) is 13.1. The molecule has 0 N–H and O–H groups in total. The first kappa shape index (κ1) is 27.7. The fourth-order valence-corrected chi connectivity index (χ4v) is 6.57. The van der Waals surface area contributed by atoms with E-state index in [0.717, 1.165) is 54.4 Å². The maximum atomic E-state index is 6.61. The van der Waals surface area contributed by atoms with E-state index in [1.807, 2.05) is 35.2 Å². The Morgan fingerprint density at radius 3 is 2.47 bits per heavy atom. The molecule has 0 fully saturated rings. The number of nitrogens with zero attached hydrogens (tertiary/aromatic N) is 6. The first-order chi connectivity index (χ1) is 20.6. The summed E-state index contributed by atoms with van der Waals surface area (Å²) in [4.78, 5) is 6.89. The third-order valence-electron chi connectivity index (χ3n) is 8.03. The molecule has 0 unspecified atom stereocenters. The standard InChI is InChI=1S/C34H31BN6O.Pt/c1-23-13-15-36-33(17-23)40-32-21-26(11-12-28(32)29-14-16-37-41(29)35(40)5)42-27-19-24(34(2,3)4)18-25(20-27)39-22-38(6)30-9-7-8-10-31(30)39;/h7-19H,1-6H3;/q-2;. The van der Waals surface area contributed by atoms with Crippen molar-refractivity contribution in [3.8, 4) is 28.4 Å². The van der Waals surface area contributed by atoms with Gasteiger partial charge in [0.15, 0.2) is 0 Å². The molecule has 218 valence electrons. The molecule has 0 bridgehead atoms. The number of imidazole rings is 1. The number of anilines is 2. The van der Waals surface area contributed by atoms with E-state index in [9.17, 15) is 0 Å². The van der Waals surface area contributed by atoms with Crippen LogP contribution in [-0.2, 0) is 31.8 Å². The minimum Gasteiger partial charge on any atom is -0.193 e. The van der Waals surface area contributed by atoms with Crippen LogP contribution >= 0.6 is 0 Å². The Bertz CT molecular complexity index is 2090. The van der Waals surface area contributed by atoms with E-state index in [4.69, 9.17) is 9.72 Å². The van der Waals surface area contributed by atoms with E-state index in [2.05, 4.69) is 141 Å². The summed E-state index contributed by atoms with van der Waals surface area (Å²) < 4.78 is 14.2. The van der Waals surface area contributed by atoms with Gasteiger partial charge in [0.1, 0.15) is 0 Å². The van der Waals surface area contributed by atoms with Crippen LogP contribution < -0.4 is 9.55 Å². The molecule has 1 aliphatic rings.